The van der Waals surface area contributed by atoms with Crippen LogP contribution in [-0.4, -0.2) is 40.3 Å². The Hall–Kier alpha value is -2.84. The van der Waals surface area contributed by atoms with E-state index in [0.717, 1.165) is 30.9 Å². The van der Waals surface area contributed by atoms with Crippen molar-refractivity contribution in [3.8, 4) is 0 Å². The summed E-state index contributed by atoms with van der Waals surface area (Å²) in [6.45, 7) is 6.83. The second-order valence-electron chi connectivity index (χ2n) is 6.92. The van der Waals surface area contributed by atoms with E-state index in [0.29, 0.717) is 17.4 Å². The Labute approximate surface area is 150 Å². The Morgan fingerprint density at radius 3 is 2.73 bits per heavy atom. The van der Waals surface area contributed by atoms with E-state index >= 15 is 0 Å². The molecule has 9 heteroatoms. The molecule has 1 atom stereocenters. The molecule has 1 unspecified atom stereocenters. The van der Waals surface area contributed by atoms with Crippen LogP contribution >= 0.6 is 0 Å². The summed E-state index contributed by atoms with van der Waals surface area (Å²) in [4.78, 5) is 25.8. The molecule has 136 valence electrons. The molecule has 0 bridgehead atoms. The number of fused-ring (bicyclic) bond motifs is 1. The summed E-state index contributed by atoms with van der Waals surface area (Å²) in [6, 6.07) is 1.64. The molecule has 0 aromatic carbocycles. The molecule has 1 fully saturated rings. The number of amides is 1. The van der Waals surface area contributed by atoms with Crippen molar-refractivity contribution in [3.63, 3.8) is 0 Å². The van der Waals surface area contributed by atoms with Crippen molar-refractivity contribution in [2.24, 2.45) is 5.92 Å². The number of hydrogen-bond donors (Lipinski definition) is 1. The Bertz CT molecular complexity index is 939. The second kappa shape index (κ2) is 6.47. The van der Waals surface area contributed by atoms with Crippen molar-refractivity contribution in [1.29, 1.82) is 0 Å². The van der Waals surface area contributed by atoms with Crippen LogP contribution in [0.25, 0.3) is 5.78 Å². The highest BCUT2D eigenvalue weighted by Crippen LogP contribution is 2.40. The first-order valence-electron chi connectivity index (χ1n) is 8.97. The molecule has 3 heterocycles. The van der Waals surface area contributed by atoms with Crippen LogP contribution < -0.4 is 5.32 Å². The number of nitrogens with zero attached hydrogens (tertiary/aromatic N) is 7. The monoisotopic (exact) mass is 354 g/mol. The maximum atomic E-state index is 12.9. The Kier molecular flexibility index (Phi) is 4.14. The zero-order chi connectivity index (χ0) is 18.3. The molecule has 1 saturated carbocycles. The van der Waals surface area contributed by atoms with Crippen LogP contribution in [0.2, 0.25) is 0 Å². The van der Waals surface area contributed by atoms with Gasteiger partial charge in [-0.15, -0.1) is 0 Å². The zero-order valence-corrected chi connectivity index (χ0v) is 15.1. The second-order valence-corrected chi connectivity index (χ2v) is 6.92. The van der Waals surface area contributed by atoms with E-state index in [-0.39, 0.29) is 17.9 Å². The standard InChI is InChI=1S/C17H22N8O/c1-4-24-15(18-8-20-24)14(11-5-6-11)23-16(26)12-7-13(10(2)3)25-17(22-12)19-9-21-25/h7-11,14H,4-6H2,1-3H3,(H,23,26). The summed E-state index contributed by atoms with van der Waals surface area (Å²) in [7, 11) is 0. The number of aromatic nitrogens is 7. The highest BCUT2D eigenvalue weighted by atomic mass is 16.2. The van der Waals surface area contributed by atoms with Gasteiger partial charge in [0.05, 0.1) is 11.7 Å². The van der Waals surface area contributed by atoms with Gasteiger partial charge in [0.15, 0.2) is 0 Å². The van der Waals surface area contributed by atoms with Gasteiger partial charge >= 0.3 is 0 Å². The molecule has 1 aliphatic rings. The first kappa shape index (κ1) is 16.6. The topological polar surface area (TPSA) is 103 Å². The Balaban J connectivity index is 1.65. The minimum atomic E-state index is -0.222. The summed E-state index contributed by atoms with van der Waals surface area (Å²) >= 11 is 0. The third kappa shape index (κ3) is 2.93. The molecule has 0 aliphatic heterocycles. The predicted octanol–water partition coefficient (Wildman–Crippen LogP) is 1.74. The average Bonchev–Trinajstić information content (AvgIpc) is 3.17. The average molecular weight is 354 g/mol. The van der Waals surface area contributed by atoms with Crippen molar-refractivity contribution in [2.75, 3.05) is 0 Å². The number of rotatable bonds is 6. The van der Waals surface area contributed by atoms with Crippen molar-refractivity contribution in [1.82, 2.24) is 39.7 Å². The molecule has 0 saturated heterocycles. The largest absolute Gasteiger partial charge is 0.340 e. The quantitative estimate of drug-likeness (QED) is 0.723. The lowest BCUT2D eigenvalue weighted by molar-refractivity contribution is 0.0923. The Morgan fingerprint density at radius 1 is 1.27 bits per heavy atom. The van der Waals surface area contributed by atoms with Crippen LogP contribution in [0.1, 0.15) is 67.6 Å². The van der Waals surface area contributed by atoms with Gasteiger partial charge in [0, 0.05) is 6.54 Å². The lowest BCUT2D eigenvalue weighted by Gasteiger charge is -2.18. The van der Waals surface area contributed by atoms with Crippen LogP contribution in [0.3, 0.4) is 0 Å². The van der Waals surface area contributed by atoms with Crippen molar-refractivity contribution < 1.29 is 4.79 Å². The van der Waals surface area contributed by atoms with Crippen molar-refractivity contribution >= 4 is 11.7 Å². The van der Waals surface area contributed by atoms with Gasteiger partial charge in [-0.25, -0.2) is 19.2 Å². The maximum absolute atomic E-state index is 12.9. The molecule has 0 radical (unpaired) electrons. The van der Waals surface area contributed by atoms with Crippen LogP contribution in [0.5, 0.6) is 0 Å². The SMILES string of the molecule is CCn1ncnc1C(NC(=O)c1cc(C(C)C)n2ncnc2n1)C1CC1. The van der Waals surface area contributed by atoms with E-state index in [1.54, 1.807) is 10.6 Å². The van der Waals surface area contributed by atoms with E-state index in [4.69, 9.17) is 0 Å². The van der Waals surface area contributed by atoms with E-state index in [1.165, 1.54) is 12.7 Å². The summed E-state index contributed by atoms with van der Waals surface area (Å²) < 4.78 is 3.51. The Morgan fingerprint density at radius 2 is 2.04 bits per heavy atom. The summed E-state index contributed by atoms with van der Waals surface area (Å²) in [5.41, 5.74) is 1.25. The highest BCUT2D eigenvalue weighted by Gasteiger charge is 2.36. The van der Waals surface area contributed by atoms with Gasteiger partial charge in [-0.3, -0.25) is 4.79 Å². The lowest BCUT2D eigenvalue weighted by atomic mass is 10.1. The van der Waals surface area contributed by atoms with Gasteiger partial charge in [0.1, 0.15) is 24.2 Å². The molecule has 3 aromatic heterocycles. The van der Waals surface area contributed by atoms with Gasteiger partial charge in [-0.2, -0.15) is 15.2 Å². The predicted molar refractivity (Wildman–Crippen MR) is 93.5 cm³/mol. The van der Waals surface area contributed by atoms with Gasteiger partial charge in [-0.05, 0) is 37.7 Å². The number of hydrogen-bond acceptors (Lipinski definition) is 6. The molecular weight excluding hydrogens is 332 g/mol. The van der Waals surface area contributed by atoms with Gasteiger partial charge in [-0.1, -0.05) is 13.8 Å². The van der Waals surface area contributed by atoms with E-state index in [1.807, 2.05) is 11.6 Å². The molecule has 4 rings (SSSR count). The summed E-state index contributed by atoms with van der Waals surface area (Å²) in [5.74, 6) is 1.60. The molecular formula is C17H22N8O. The van der Waals surface area contributed by atoms with Crippen LogP contribution in [-0.2, 0) is 6.54 Å². The third-order valence-corrected chi connectivity index (χ3v) is 4.71. The van der Waals surface area contributed by atoms with Gasteiger partial charge in [0.25, 0.3) is 11.7 Å². The number of nitrogens with one attached hydrogen (secondary N) is 1. The molecule has 3 aromatic rings. The number of aryl methyl sites for hydroxylation is 1. The molecule has 1 aliphatic carbocycles. The third-order valence-electron chi connectivity index (χ3n) is 4.71. The lowest BCUT2D eigenvalue weighted by Crippen LogP contribution is -2.33. The first-order chi connectivity index (χ1) is 12.6. The molecule has 9 nitrogen and oxygen atoms in total. The highest BCUT2D eigenvalue weighted by molar-refractivity contribution is 5.93. The molecule has 26 heavy (non-hydrogen) atoms. The first-order valence-corrected chi connectivity index (χ1v) is 8.97. The van der Waals surface area contributed by atoms with E-state index in [2.05, 4.69) is 44.3 Å². The fraction of sp³-hybridized carbons (Fsp3) is 0.529. The molecule has 1 N–H and O–H groups in total. The molecule has 0 spiro atoms. The van der Waals surface area contributed by atoms with Gasteiger partial charge < -0.3 is 5.32 Å². The summed E-state index contributed by atoms with van der Waals surface area (Å²) in [5, 5.41) is 11.5. The smallest absolute Gasteiger partial charge is 0.270 e. The van der Waals surface area contributed by atoms with E-state index in [9.17, 15) is 4.79 Å². The number of carbonyl (C=O) groups excluding carboxylic acids is 1. The normalized spacial score (nSPS) is 15.5. The minimum Gasteiger partial charge on any atom is -0.340 e. The van der Waals surface area contributed by atoms with Crippen molar-refractivity contribution in [2.45, 2.75) is 52.1 Å². The fourth-order valence-corrected chi connectivity index (χ4v) is 3.16. The minimum absolute atomic E-state index is 0.150. The fourth-order valence-electron chi connectivity index (χ4n) is 3.16. The number of carbonyl (C=O) groups is 1. The van der Waals surface area contributed by atoms with Crippen LogP contribution in [0.4, 0.5) is 0 Å². The maximum Gasteiger partial charge on any atom is 0.270 e. The zero-order valence-electron chi connectivity index (χ0n) is 15.1. The van der Waals surface area contributed by atoms with Crippen LogP contribution in [0, 0.1) is 5.92 Å². The van der Waals surface area contributed by atoms with Crippen LogP contribution in [0.15, 0.2) is 18.7 Å². The van der Waals surface area contributed by atoms with Gasteiger partial charge in [0.2, 0.25) is 0 Å². The van der Waals surface area contributed by atoms with E-state index < -0.39 is 0 Å². The summed E-state index contributed by atoms with van der Waals surface area (Å²) in [6.07, 6.45) is 5.15. The van der Waals surface area contributed by atoms with Crippen molar-refractivity contribution in [3.05, 3.63) is 35.9 Å². The molecule has 1 amide bonds.